The Kier molecular flexibility index (Phi) is 4.50. The lowest BCUT2D eigenvalue weighted by Gasteiger charge is -2.04. The Hall–Kier alpha value is -2.36. The summed E-state index contributed by atoms with van der Waals surface area (Å²) in [5.74, 6) is -0.409. The summed E-state index contributed by atoms with van der Waals surface area (Å²) in [6.07, 6.45) is 3.13. The second kappa shape index (κ2) is 6.54. The van der Waals surface area contributed by atoms with Crippen molar-refractivity contribution in [1.29, 1.82) is 0 Å². The van der Waals surface area contributed by atoms with Crippen LogP contribution in [0, 0.1) is 0 Å². The maximum Gasteiger partial charge on any atom is 0.356 e. The molecule has 2 rings (SSSR count). The number of anilines is 1. The third-order valence-electron chi connectivity index (χ3n) is 2.68. The molecule has 1 aromatic heterocycles. The number of esters is 1. The minimum absolute atomic E-state index is 0.286. The highest BCUT2D eigenvalue weighted by atomic mass is 16.5. The Balaban J connectivity index is 1.74. The van der Waals surface area contributed by atoms with Gasteiger partial charge < -0.3 is 10.5 Å². The van der Waals surface area contributed by atoms with Gasteiger partial charge in [0, 0.05) is 0 Å². The van der Waals surface area contributed by atoms with E-state index < -0.39 is 5.97 Å². The predicted octanol–water partition coefficient (Wildman–Crippen LogP) is 2.45. The first-order valence-electron chi connectivity index (χ1n) is 6.18. The fourth-order valence-electron chi connectivity index (χ4n) is 1.69. The largest absolute Gasteiger partial charge is 0.461 e. The molecule has 4 heteroatoms. The van der Waals surface area contributed by atoms with Crippen LogP contribution in [0.25, 0.3) is 0 Å². The predicted molar refractivity (Wildman–Crippen MR) is 73.7 cm³/mol. The van der Waals surface area contributed by atoms with E-state index in [0.717, 1.165) is 12.8 Å². The summed E-state index contributed by atoms with van der Waals surface area (Å²) in [4.78, 5) is 15.6. The van der Waals surface area contributed by atoms with Gasteiger partial charge in [-0.3, -0.25) is 0 Å². The Bertz CT molecular complexity index is 524. The first kappa shape index (κ1) is 13.1. The number of aryl methyl sites for hydroxylation is 1. The molecule has 0 radical (unpaired) electrons. The van der Waals surface area contributed by atoms with E-state index in [4.69, 9.17) is 10.5 Å². The summed E-state index contributed by atoms with van der Waals surface area (Å²) in [6.45, 7) is 0.389. The number of ether oxygens (including phenoxy) is 1. The van der Waals surface area contributed by atoms with Crippen LogP contribution in [-0.2, 0) is 11.2 Å². The molecule has 0 saturated heterocycles. The third-order valence-corrected chi connectivity index (χ3v) is 2.68. The minimum Gasteiger partial charge on any atom is -0.461 e. The maximum atomic E-state index is 11.6. The van der Waals surface area contributed by atoms with Crippen LogP contribution < -0.4 is 5.73 Å². The second-order valence-electron chi connectivity index (χ2n) is 4.20. The van der Waals surface area contributed by atoms with Crippen molar-refractivity contribution in [2.45, 2.75) is 12.8 Å². The van der Waals surface area contributed by atoms with E-state index in [9.17, 15) is 4.79 Å². The number of hydrogen-bond donors (Lipinski definition) is 1. The normalized spacial score (nSPS) is 10.1. The number of nitrogens with two attached hydrogens (primary N) is 1. The van der Waals surface area contributed by atoms with Crippen LogP contribution in [0.1, 0.15) is 22.5 Å². The molecule has 0 bridgehead atoms. The van der Waals surface area contributed by atoms with Crippen molar-refractivity contribution in [3.05, 3.63) is 59.9 Å². The summed E-state index contributed by atoms with van der Waals surface area (Å²) in [6, 6.07) is 13.3. The van der Waals surface area contributed by atoms with E-state index >= 15 is 0 Å². The van der Waals surface area contributed by atoms with Crippen LogP contribution in [0.5, 0.6) is 0 Å². The van der Waals surface area contributed by atoms with Crippen molar-refractivity contribution < 1.29 is 9.53 Å². The molecule has 0 spiro atoms. The lowest BCUT2D eigenvalue weighted by Crippen LogP contribution is -2.09. The molecule has 2 N–H and O–H groups in total. The molecule has 1 heterocycles. The minimum atomic E-state index is -0.409. The molecule has 0 unspecified atom stereocenters. The number of carbonyl (C=O) groups is 1. The summed E-state index contributed by atoms with van der Waals surface area (Å²) in [7, 11) is 0. The maximum absolute atomic E-state index is 11.6. The molecule has 0 saturated carbocycles. The molecular weight excluding hydrogens is 240 g/mol. The van der Waals surface area contributed by atoms with Crippen molar-refractivity contribution >= 4 is 11.7 Å². The van der Waals surface area contributed by atoms with Crippen LogP contribution >= 0.6 is 0 Å². The number of nitrogens with zero attached hydrogens (tertiary/aromatic N) is 1. The first-order valence-corrected chi connectivity index (χ1v) is 6.18. The van der Waals surface area contributed by atoms with Gasteiger partial charge in [0.25, 0.3) is 0 Å². The van der Waals surface area contributed by atoms with Crippen LogP contribution in [0.2, 0.25) is 0 Å². The van der Waals surface area contributed by atoms with Crippen LogP contribution in [0.3, 0.4) is 0 Å². The Morgan fingerprint density at radius 1 is 1.16 bits per heavy atom. The second-order valence-corrected chi connectivity index (χ2v) is 4.20. The summed E-state index contributed by atoms with van der Waals surface area (Å²) in [5, 5.41) is 0. The highest BCUT2D eigenvalue weighted by Gasteiger charge is 2.07. The number of benzene rings is 1. The van der Waals surface area contributed by atoms with Crippen LogP contribution in [-0.4, -0.2) is 17.6 Å². The van der Waals surface area contributed by atoms with E-state index in [1.54, 1.807) is 12.1 Å². The number of hydrogen-bond acceptors (Lipinski definition) is 4. The van der Waals surface area contributed by atoms with Gasteiger partial charge in [-0.2, -0.15) is 0 Å². The summed E-state index contributed by atoms with van der Waals surface area (Å²) in [5.41, 5.74) is 7.55. The van der Waals surface area contributed by atoms with Crippen molar-refractivity contribution in [2.24, 2.45) is 0 Å². The van der Waals surface area contributed by atoms with E-state index in [-0.39, 0.29) is 5.69 Å². The Labute approximate surface area is 112 Å². The number of pyridine rings is 1. The summed E-state index contributed by atoms with van der Waals surface area (Å²) >= 11 is 0. The van der Waals surface area contributed by atoms with Crippen molar-refractivity contribution in [3.63, 3.8) is 0 Å². The molecule has 0 amide bonds. The molecule has 0 aliphatic rings. The molecule has 0 aliphatic carbocycles. The van der Waals surface area contributed by atoms with Gasteiger partial charge in [0.2, 0.25) is 0 Å². The van der Waals surface area contributed by atoms with Gasteiger partial charge in [-0.25, -0.2) is 9.78 Å². The number of aromatic nitrogens is 1. The molecule has 2 aromatic rings. The zero-order chi connectivity index (χ0) is 13.5. The molecule has 98 valence electrons. The number of nitrogen functional groups attached to an aromatic ring is 1. The quantitative estimate of drug-likeness (QED) is 0.659. The summed E-state index contributed by atoms with van der Waals surface area (Å²) < 4.78 is 5.15. The standard InChI is InChI=1S/C15H16N2O2/c16-13-8-9-14(17-11-13)15(18)19-10-4-7-12-5-2-1-3-6-12/h1-3,5-6,8-9,11H,4,7,10,16H2. The molecule has 0 fully saturated rings. The number of rotatable bonds is 5. The number of carbonyl (C=O) groups excluding carboxylic acids is 1. The molecule has 0 aliphatic heterocycles. The van der Waals surface area contributed by atoms with E-state index in [0.29, 0.717) is 12.3 Å². The molecule has 19 heavy (non-hydrogen) atoms. The van der Waals surface area contributed by atoms with Gasteiger partial charge in [0.1, 0.15) is 5.69 Å². The highest BCUT2D eigenvalue weighted by Crippen LogP contribution is 2.05. The van der Waals surface area contributed by atoms with E-state index in [2.05, 4.69) is 17.1 Å². The first-order chi connectivity index (χ1) is 9.25. The fourth-order valence-corrected chi connectivity index (χ4v) is 1.69. The Morgan fingerprint density at radius 2 is 1.95 bits per heavy atom. The van der Waals surface area contributed by atoms with Crippen molar-refractivity contribution in [2.75, 3.05) is 12.3 Å². The van der Waals surface area contributed by atoms with E-state index in [1.807, 2.05) is 18.2 Å². The van der Waals surface area contributed by atoms with Crippen LogP contribution in [0.15, 0.2) is 48.7 Å². The van der Waals surface area contributed by atoms with Crippen molar-refractivity contribution in [1.82, 2.24) is 4.98 Å². The average molecular weight is 256 g/mol. The zero-order valence-electron chi connectivity index (χ0n) is 10.6. The van der Waals surface area contributed by atoms with Gasteiger partial charge >= 0.3 is 5.97 Å². The highest BCUT2D eigenvalue weighted by molar-refractivity contribution is 5.87. The smallest absolute Gasteiger partial charge is 0.356 e. The lowest BCUT2D eigenvalue weighted by atomic mass is 10.1. The van der Waals surface area contributed by atoms with Gasteiger partial charge in [-0.05, 0) is 30.5 Å². The van der Waals surface area contributed by atoms with Crippen molar-refractivity contribution in [3.8, 4) is 0 Å². The SMILES string of the molecule is Nc1ccc(C(=O)OCCCc2ccccc2)nc1. The molecule has 1 aromatic carbocycles. The van der Waals surface area contributed by atoms with Crippen LogP contribution in [0.4, 0.5) is 5.69 Å². The van der Waals surface area contributed by atoms with E-state index in [1.165, 1.54) is 11.8 Å². The Morgan fingerprint density at radius 3 is 2.63 bits per heavy atom. The zero-order valence-corrected chi connectivity index (χ0v) is 10.6. The van der Waals surface area contributed by atoms with Gasteiger partial charge in [-0.1, -0.05) is 30.3 Å². The molecule has 4 nitrogen and oxygen atoms in total. The molecular formula is C15H16N2O2. The average Bonchev–Trinajstić information content (AvgIpc) is 2.45. The fraction of sp³-hybridized carbons (Fsp3) is 0.200. The van der Waals surface area contributed by atoms with Gasteiger partial charge in [0.05, 0.1) is 18.5 Å². The molecule has 0 atom stereocenters. The monoisotopic (exact) mass is 256 g/mol. The van der Waals surface area contributed by atoms with Gasteiger partial charge in [0.15, 0.2) is 0 Å². The third kappa shape index (κ3) is 4.10. The van der Waals surface area contributed by atoms with Gasteiger partial charge in [-0.15, -0.1) is 0 Å². The topological polar surface area (TPSA) is 65.2 Å². The lowest BCUT2D eigenvalue weighted by molar-refractivity contribution is 0.0494.